The van der Waals surface area contributed by atoms with Gasteiger partial charge in [0.05, 0.1) is 45.6 Å². The molecule has 0 aliphatic carbocycles. The van der Waals surface area contributed by atoms with E-state index in [1.807, 2.05) is 0 Å². The van der Waals surface area contributed by atoms with Gasteiger partial charge in [-0.3, -0.25) is 0 Å². The number of sulfone groups is 1. The Morgan fingerprint density at radius 2 is 1.50 bits per heavy atom. The summed E-state index contributed by atoms with van der Waals surface area (Å²) in [5.74, 6) is 0.299. The molecule has 3 rings (SSSR count). The van der Waals surface area contributed by atoms with E-state index in [1.54, 1.807) is 54.6 Å². The number of hydrogen-bond donors (Lipinski definition) is 2. The van der Waals surface area contributed by atoms with Crippen LogP contribution in [0.2, 0.25) is 5.02 Å². The van der Waals surface area contributed by atoms with Gasteiger partial charge in [-0.15, -0.1) is 0 Å². The molecule has 0 amide bonds. The van der Waals surface area contributed by atoms with Crippen molar-refractivity contribution in [3.8, 4) is 23.0 Å². The summed E-state index contributed by atoms with van der Waals surface area (Å²) in [5, 5.41) is 13.2. The van der Waals surface area contributed by atoms with E-state index >= 15 is 0 Å². The summed E-state index contributed by atoms with van der Waals surface area (Å²) < 4.78 is 47.6. The fraction of sp³-hybridized carbons (Fsp3) is 0.296. The lowest BCUT2D eigenvalue weighted by Crippen LogP contribution is -2.21. The smallest absolute Gasteiger partial charge is 0.330 e. The van der Waals surface area contributed by atoms with E-state index in [0.717, 1.165) is 0 Å². The number of halogens is 1. The minimum absolute atomic E-state index is 0.163. The van der Waals surface area contributed by atoms with Gasteiger partial charge in [0.2, 0.25) is 0 Å². The SMILES string of the molecule is COc1cc(OC)c(CCS(=O)(=O)Cc2ccc(OC)c(NC(C(=O)O)c3ccc(Cl)cc3)c2)c(OC)c1. The lowest BCUT2D eigenvalue weighted by Gasteiger charge is -2.19. The van der Waals surface area contributed by atoms with Gasteiger partial charge in [0, 0.05) is 22.7 Å². The van der Waals surface area contributed by atoms with Crippen LogP contribution in [0.1, 0.15) is 22.7 Å². The average molecular weight is 564 g/mol. The standard InChI is InChI=1S/C27H30ClNO8S/c1-34-20-14-24(36-3)21(25(15-20)37-4)11-12-38(32,33)16-17-5-10-23(35-2)22(13-17)29-26(27(30)31)18-6-8-19(28)9-7-18/h5-10,13-15,26,29H,11-12,16H2,1-4H3,(H,30,31). The lowest BCUT2D eigenvalue weighted by atomic mass is 10.1. The molecule has 0 bridgehead atoms. The van der Waals surface area contributed by atoms with Crippen molar-refractivity contribution in [2.75, 3.05) is 39.5 Å². The number of hydrogen-bond acceptors (Lipinski definition) is 8. The predicted molar refractivity (Wildman–Crippen MR) is 146 cm³/mol. The molecule has 0 heterocycles. The number of ether oxygens (including phenoxy) is 4. The number of nitrogens with one attached hydrogen (secondary N) is 1. The van der Waals surface area contributed by atoms with Gasteiger partial charge in [0.1, 0.15) is 23.0 Å². The van der Waals surface area contributed by atoms with Crippen molar-refractivity contribution < 1.29 is 37.3 Å². The van der Waals surface area contributed by atoms with Crippen LogP contribution in [0.5, 0.6) is 23.0 Å². The van der Waals surface area contributed by atoms with Gasteiger partial charge in [0.15, 0.2) is 15.9 Å². The third kappa shape index (κ3) is 7.23. The van der Waals surface area contributed by atoms with Crippen LogP contribution < -0.4 is 24.3 Å². The van der Waals surface area contributed by atoms with Crippen LogP contribution in [0, 0.1) is 0 Å². The zero-order valence-corrected chi connectivity index (χ0v) is 23.1. The molecule has 204 valence electrons. The summed E-state index contributed by atoms with van der Waals surface area (Å²) in [6.45, 7) is 0. The van der Waals surface area contributed by atoms with Gasteiger partial charge in [-0.2, -0.15) is 0 Å². The van der Waals surface area contributed by atoms with Gasteiger partial charge >= 0.3 is 5.97 Å². The number of methoxy groups -OCH3 is 4. The van der Waals surface area contributed by atoms with Crippen molar-refractivity contribution in [2.45, 2.75) is 18.2 Å². The Kier molecular flexibility index (Phi) is 9.71. The van der Waals surface area contributed by atoms with Gasteiger partial charge < -0.3 is 29.4 Å². The number of rotatable bonds is 13. The largest absolute Gasteiger partial charge is 0.496 e. The van der Waals surface area contributed by atoms with Crippen LogP contribution in [0.3, 0.4) is 0 Å². The van der Waals surface area contributed by atoms with Crippen molar-refractivity contribution in [1.82, 2.24) is 0 Å². The summed E-state index contributed by atoms with van der Waals surface area (Å²) in [6.07, 6.45) is 0.164. The first-order valence-electron chi connectivity index (χ1n) is 11.5. The summed E-state index contributed by atoms with van der Waals surface area (Å²) in [6, 6.07) is 13.5. The molecule has 11 heteroatoms. The molecule has 38 heavy (non-hydrogen) atoms. The molecule has 0 aromatic heterocycles. The fourth-order valence-corrected chi connectivity index (χ4v) is 5.44. The highest BCUT2D eigenvalue weighted by Gasteiger charge is 2.23. The zero-order valence-electron chi connectivity index (χ0n) is 21.5. The van der Waals surface area contributed by atoms with E-state index < -0.39 is 21.8 Å². The second kappa shape index (κ2) is 12.7. The number of carboxylic acid groups (broad SMARTS) is 1. The van der Waals surface area contributed by atoms with Crippen LogP contribution in [0.15, 0.2) is 54.6 Å². The van der Waals surface area contributed by atoms with Crippen molar-refractivity contribution in [3.05, 3.63) is 76.3 Å². The number of benzene rings is 3. The van der Waals surface area contributed by atoms with Gasteiger partial charge in [-0.25, -0.2) is 13.2 Å². The maximum atomic E-state index is 13.1. The van der Waals surface area contributed by atoms with Gasteiger partial charge in [-0.1, -0.05) is 29.8 Å². The Hall–Kier alpha value is -3.63. The van der Waals surface area contributed by atoms with Crippen molar-refractivity contribution in [2.24, 2.45) is 0 Å². The Balaban J connectivity index is 1.82. The first-order valence-corrected chi connectivity index (χ1v) is 13.7. The van der Waals surface area contributed by atoms with E-state index in [9.17, 15) is 18.3 Å². The number of carbonyl (C=O) groups is 1. The lowest BCUT2D eigenvalue weighted by molar-refractivity contribution is -0.138. The molecule has 0 saturated heterocycles. The maximum absolute atomic E-state index is 13.1. The number of carboxylic acids is 1. The Morgan fingerprint density at radius 1 is 0.895 bits per heavy atom. The zero-order chi connectivity index (χ0) is 27.9. The summed E-state index contributed by atoms with van der Waals surface area (Å²) in [4.78, 5) is 12.0. The highest BCUT2D eigenvalue weighted by Crippen LogP contribution is 2.35. The Bertz CT molecular complexity index is 1350. The highest BCUT2D eigenvalue weighted by molar-refractivity contribution is 7.90. The molecule has 0 spiro atoms. The second-order valence-electron chi connectivity index (χ2n) is 8.35. The molecular formula is C27H30ClNO8S. The monoisotopic (exact) mass is 563 g/mol. The highest BCUT2D eigenvalue weighted by atomic mass is 35.5. The van der Waals surface area contributed by atoms with E-state index in [1.165, 1.54) is 28.4 Å². The first kappa shape index (κ1) is 28.9. The second-order valence-corrected chi connectivity index (χ2v) is 11.0. The van der Waals surface area contributed by atoms with Gasteiger partial charge in [0.25, 0.3) is 0 Å². The topological polar surface area (TPSA) is 120 Å². The summed E-state index contributed by atoms with van der Waals surface area (Å²) >= 11 is 5.93. The fourth-order valence-electron chi connectivity index (χ4n) is 3.96. The average Bonchev–Trinajstić information content (AvgIpc) is 2.90. The summed E-state index contributed by atoms with van der Waals surface area (Å²) in [5.41, 5.74) is 1.91. The van der Waals surface area contributed by atoms with Crippen LogP contribution in [-0.4, -0.2) is 53.7 Å². The van der Waals surface area contributed by atoms with E-state index in [2.05, 4.69) is 5.32 Å². The predicted octanol–water partition coefficient (Wildman–Crippen LogP) is 4.77. The molecule has 0 aliphatic heterocycles. The van der Waals surface area contributed by atoms with E-state index in [0.29, 0.717) is 50.4 Å². The van der Waals surface area contributed by atoms with Crippen molar-refractivity contribution in [3.63, 3.8) is 0 Å². The summed E-state index contributed by atoms with van der Waals surface area (Å²) in [7, 11) is 2.37. The number of anilines is 1. The molecular weight excluding hydrogens is 534 g/mol. The maximum Gasteiger partial charge on any atom is 0.330 e. The minimum atomic E-state index is -3.58. The number of aliphatic carboxylic acids is 1. The van der Waals surface area contributed by atoms with E-state index in [-0.39, 0.29) is 17.9 Å². The van der Waals surface area contributed by atoms with Crippen molar-refractivity contribution in [1.29, 1.82) is 0 Å². The minimum Gasteiger partial charge on any atom is -0.496 e. The van der Waals surface area contributed by atoms with Crippen LogP contribution in [0.25, 0.3) is 0 Å². The first-order chi connectivity index (χ1) is 18.1. The molecule has 9 nitrogen and oxygen atoms in total. The van der Waals surface area contributed by atoms with Crippen LogP contribution in [0.4, 0.5) is 5.69 Å². The Labute approximate surface area is 227 Å². The molecule has 0 radical (unpaired) electrons. The molecule has 3 aromatic carbocycles. The van der Waals surface area contributed by atoms with Crippen LogP contribution >= 0.6 is 11.6 Å². The Morgan fingerprint density at radius 3 is 2.03 bits per heavy atom. The molecule has 3 aromatic rings. The van der Waals surface area contributed by atoms with Crippen LogP contribution in [-0.2, 0) is 26.8 Å². The molecule has 0 fully saturated rings. The molecule has 1 atom stereocenters. The normalized spacial score (nSPS) is 11.9. The quantitative estimate of drug-likeness (QED) is 0.303. The third-order valence-corrected chi connectivity index (χ3v) is 7.73. The van der Waals surface area contributed by atoms with Crippen molar-refractivity contribution >= 4 is 33.1 Å². The van der Waals surface area contributed by atoms with E-state index in [4.69, 9.17) is 30.5 Å². The molecule has 0 saturated carbocycles. The third-order valence-electron chi connectivity index (χ3n) is 5.88. The molecule has 0 aliphatic rings. The molecule has 2 N–H and O–H groups in total. The molecule has 1 unspecified atom stereocenters. The van der Waals surface area contributed by atoms with Gasteiger partial charge in [-0.05, 0) is 41.8 Å².